The van der Waals surface area contributed by atoms with Crippen molar-refractivity contribution in [2.45, 2.75) is 19.4 Å². The third kappa shape index (κ3) is 7.05. The van der Waals surface area contributed by atoms with Crippen molar-refractivity contribution in [3.63, 3.8) is 0 Å². The summed E-state index contributed by atoms with van der Waals surface area (Å²) in [4.78, 5) is 33.1. The molecular weight excluding hydrogens is 273 g/mol. The summed E-state index contributed by atoms with van der Waals surface area (Å²) in [5.41, 5.74) is 3.44. The van der Waals surface area contributed by atoms with E-state index in [9.17, 15) is 9.36 Å². The highest BCUT2D eigenvalue weighted by Gasteiger charge is 2.24. The van der Waals surface area contributed by atoms with Crippen LogP contribution in [0.2, 0.25) is 0 Å². The van der Waals surface area contributed by atoms with E-state index < -0.39 is 19.8 Å². The smallest absolute Gasteiger partial charge is 0.369 e. The number of hydrogen-bond acceptors (Lipinski definition) is 5. The molecular formula is C11H16NO6P. The lowest BCUT2D eigenvalue weighted by Crippen LogP contribution is -2.35. The molecule has 1 aromatic carbocycles. The summed E-state index contributed by atoms with van der Waals surface area (Å²) < 4.78 is 14.3. The molecule has 19 heavy (non-hydrogen) atoms. The Balaban J connectivity index is 2.22. The standard InChI is InChI=1S/C11H16NO6P/c1-9(11(13)18-19(14,15)16)12-17-8-7-10-5-3-2-4-6-10/h2-6,9,12H,7-8H2,1H3,(H2,14,15,16)/t9-/m0/s1. The number of phosphoric acid groups is 1. The van der Waals surface area contributed by atoms with Crippen LogP contribution in [0.5, 0.6) is 0 Å². The van der Waals surface area contributed by atoms with Crippen LogP contribution in [0.3, 0.4) is 0 Å². The summed E-state index contributed by atoms with van der Waals surface area (Å²) in [5, 5.41) is 0. The highest BCUT2D eigenvalue weighted by atomic mass is 31.2. The van der Waals surface area contributed by atoms with Crippen LogP contribution in [0.15, 0.2) is 30.3 Å². The molecule has 0 aliphatic carbocycles. The maximum Gasteiger partial charge on any atom is 0.527 e. The number of phosphoric ester groups is 1. The van der Waals surface area contributed by atoms with E-state index in [0.717, 1.165) is 5.56 Å². The number of rotatable bonds is 7. The second-order valence-electron chi connectivity index (χ2n) is 3.82. The van der Waals surface area contributed by atoms with Gasteiger partial charge in [0.05, 0.1) is 6.61 Å². The van der Waals surface area contributed by atoms with Crippen LogP contribution in [-0.4, -0.2) is 28.4 Å². The fourth-order valence-electron chi connectivity index (χ4n) is 1.24. The molecule has 0 saturated heterocycles. The number of carbonyl (C=O) groups is 1. The normalized spacial score (nSPS) is 13.0. The molecule has 0 saturated carbocycles. The lowest BCUT2D eigenvalue weighted by molar-refractivity contribution is -0.141. The highest BCUT2D eigenvalue weighted by molar-refractivity contribution is 7.46. The molecule has 1 aromatic rings. The van der Waals surface area contributed by atoms with Crippen LogP contribution in [0.25, 0.3) is 0 Å². The molecule has 0 aliphatic heterocycles. The van der Waals surface area contributed by atoms with Gasteiger partial charge in [0.1, 0.15) is 6.04 Å². The second kappa shape index (κ2) is 7.37. The van der Waals surface area contributed by atoms with E-state index >= 15 is 0 Å². The number of carbonyl (C=O) groups excluding carboxylic acids is 1. The summed E-state index contributed by atoms with van der Waals surface area (Å²) in [5.74, 6) is -1.08. The molecule has 1 rings (SSSR count). The predicted molar refractivity (Wildman–Crippen MR) is 66.8 cm³/mol. The number of nitrogens with one attached hydrogen (secondary N) is 1. The average molecular weight is 289 g/mol. The van der Waals surface area contributed by atoms with Gasteiger partial charge in [0, 0.05) is 0 Å². The average Bonchev–Trinajstić information content (AvgIpc) is 2.33. The topological polar surface area (TPSA) is 105 Å². The Bertz CT molecular complexity index is 446. The van der Waals surface area contributed by atoms with Crippen LogP contribution in [0, 0.1) is 0 Å². The Morgan fingerprint density at radius 2 is 2.00 bits per heavy atom. The van der Waals surface area contributed by atoms with Crippen molar-refractivity contribution in [3.8, 4) is 0 Å². The zero-order valence-electron chi connectivity index (χ0n) is 10.4. The molecule has 0 unspecified atom stereocenters. The van der Waals surface area contributed by atoms with Crippen LogP contribution < -0.4 is 5.48 Å². The van der Waals surface area contributed by atoms with E-state index in [-0.39, 0.29) is 0 Å². The summed E-state index contributed by atoms with van der Waals surface area (Å²) >= 11 is 0. The molecule has 7 nitrogen and oxygen atoms in total. The molecule has 0 aromatic heterocycles. The Kier molecular flexibility index (Phi) is 6.14. The number of benzene rings is 1. The van der Waals surface area contributed by atoms with Crippen LogP contribution in [0.1, 0.15) is 12.5 Å². The first kappa shape index (κ1) is 15.8. The zero-order chi connectivity index (χ0) is 14.3. The van der Waals surface area contributed by atoms with Crippen molar-refractivity contribution in [1.29, 1.82) is 0 Å². The molecule has 0 amide bonds. The van der Waals surface area contributed by atoms with Gasteiger partial charge in [-0.15, -0.1) is 0 Å². The van der Waals surface area contributed by atoms with Gasteiger partial charge in [-0.3, -0.25) is 9.79 Å². The van der Waals surface area contributed by atoms with Crippen LogP contribution in [0.4, 0.5) is 0 Å². The summed E-state index contributed by atoms with van der Waals surface area (Å²) in [6.07, 6.45) is 0.647. The molecule has 106 valence electrons. The minimum atomic E-state index is -4.81. The van der Waals surface area contributed by atoms with Crippen molar-refractivity contribution >= 4 is 13.8 Å². The van der Waals surface area contributed by atoms with Gasteiger partial charge in [0.25, 0.3) is 0 Å². The van der Waals surface area contributed by atoms with Gasteiger partial charge in [0.15, 0.2) is 0 Å². The quantitative estimate of drug-likeness (QED) is 0.387. The lowest BCUT2D eigenvalue weighted by atomic mass is 10.2. The first-order valence-electron chi connectivity index (χ1n) is 5.59. The molecule has 3 N–H and O–H groups in total. The molecule has 0 heterocycles. The van der Waals surface area contributed by atoms with Crippen molar-refractivity contribution in [1.82, 2.24) is 5.48 Å². The monoisotopic (exact) mass is 289 g/mol. The van der Waals surface area contributed by atoms with Gasteiger partial charge in [0.2, 0.25) is 0 Å². The number of hydroxylamine groups is 1. The fourth-order valence-corrected chi connectivity index (χ4v) is 1.63. The van der Waals surface area contributed by atoms with Crippen LogP contribution >= 0.6 is 7.82 Å². The highest BCUT2D eigenvalue weighted by Crippen LogP contribution is 2.36. The Labute approximate surface area is 110 Å². The van der Waals surface area contributed by atoms with E-state index in [1.807, 2.05) is 30.3 Å². The molecule has 0 bridgehead atoms. The molecule has 0 fully saturated rings. The van der Waals surface area contributed by atoms with Crippen LogP contribution in [-0.2, 0) is 25.1 Å². The minimum absolute atomic E-state index is 0.317. The summed E-state index contributed by atoms with van der Waals surface area (Å²) in [6.45, 7) is 1.69. The largest absolute Gasteiger partial charge is 0.527 e. The van der Waals surface area contributed by atoms with Gasteiger partial charge in [-0.25, -0.2) is 9.36 Å². The maximum absolute atomic E-state index is 11.2. The molecule has 0 radical (unpaired) electrons. The zero-order valence-corrected chi connectivity index (χ0v) is 11.2. The molecule has 8 heteroatoms. The van der Waals surface area contributed by atoms with Crippen molar-refractivity contribution < 1.29 is 28.5 Å². The van der Waals surface area contributed by atoms with Gasteiger partial charge in [-0.1, -0.05) is 30.3 Å². The van der Waals surface area contributed by atoms with Gasteiger partial charge >= 0.3 is 13.8 Å². The van der Waals surface area contributed by atoms with E-state index in [1.54, 1.807) is 0 Å². The van der Waals surface area contributed by atoms with Gasteiger partial charge < -0.3 is 9.36 Å². The first-order chi connectivity index (χ1) is 8.88. The van der Waals surface area contributed by atoms with E-state index in [1.165, 1.54) is 6.92 Å². The van der Waals surface area contributed by atoms with E-state index in [0.29, 0.717) is 13.0 Å². The SMILES string of the molecule is C[C@H](NOCCc1ccccc1)C(=O)OP(=O)(O)O. The predicted octanol–water partition coefficient (Wildman–Crippen LogP) is 0.775. The Morgan fingerprint density at radius 1 is 1.37 bits per heavy atom. The summed E-state index contributed by atoms with van der Waals surface area (Å²) in [6, 6.07) is 8.63. The third-order valence-corrected chi connectivity index (χ3v) is 2.58. The Morgan fingerprint density at radius 3 is 2.58 bits per heavy atom. The number of hydrogen-bond donors (Lipinski definition) is 3. The van der Waals surface area contributed by atoms with Crippen molar-refractivity contribution in [2.24, 2.45) is 0 Å². The molecule has 0 aliphatic rings. The van der Waals surface area contributed by atoms with Gasteiger partial charge in [-0.2, -0.15) is 5.48 Å². The second-order valence-corrected chi connectivity index (χ2v) is 4.99. The first-order valence-corrected chi connectivity index (χ1v) is 7.12. The lowest BCUT2D eigenvalue weighted by Gasteiger charge is -2.13. The minimum Gasteiger partial charge on any atom is -0.369 e. The Hall–Kier alpha value is -1.24. The van der Waals surface area contributed by atoms with E-state index in [4.69, 9.17) is 14.6 Å². The third-order valence-electron chi connectivity index (χ3n) is 2.16. The van der Waals surface area contributed by atoms with E-state index in [2.05, 4.69) is 10.0 Å². The molecule has 1 atom stereocenters. The van der Waals surface area contributed by atoms with Gasteiger partial charge in [-0.05, 0) is 18.9 Å². The fraction of sp³-hybridized carbons (Fsp3) is 0.364. The van der Waals surface area contributed by atoms with Crippen molar-refractivity contribution in [2.75, 3.05) is 6.61 Å². The maximum atomic E-state index is 11.2. The molecule has 0 spiro atoms. The summed E-state index contributed by atoms with van der Waals surface area (Å²) in [7, 11) is -4.81. The van der Waals surface area contributed by atoms with Crippen molar-refractivity contribution in [3.05, 3.63) is 35.9 Å².